The van der Waals surface area contributed by atoms with E-state index in [0.717, 1.165) is 22.9 Å². The molecule has 0 atom stereocenters. The second-order valence-corrected chi connectivity index (χ2v) is 7.90. The minimum atomic E-state index is -0.693. The molecule has 160 valence electrons. The number of ether oxygens (including phenoxy) is 1. The van der Waals surface area contributed by atoms with Gasteiger partial charge in [0.05, 0.1) is 24.0 Å². The van der Waals surface area contributed by atoms with Gasteiger partial charge in [-0.3, -0.25) is 14.3 Å². The SMILES string of the molecule is Cc1ccc(C(C)C)c(OCc2cn(CCN3C(=O)C(=O)c4cc(F)ccc43)nn2)c1. The van der Waals surface area contributed by atoms with Gasteiger partial charge in [-0.15, -0.1) is 5.10 Å². The van der Waals surface area contributed by atoms with Crippen LogP contribution in [0.25, 0.3) is 0 Å². The Balaban J connectivity index is 1.40. The quantitative estimate of drug-likeness (QED) is 0.543. The van der Waals surface area contributed by atoms with Gasteiger partial charge in [0, 0.05) is 6.54 Å². The Morgan fingerprint density at radius 3 is 2.68 bits per heavy atom. The summed E-state index contributed by atoms with van der Waals surface area (Å²) in [5.41, 5.74) is 3.42. The van der Waals surface area contributed by atoms with Crippen LogP contribution in [-0.4, -0.2) is 33.2 Å². The van der Waals surface area contributed by atoms with Crippen LogP contribution in [0.15, 0.2) is 42.6 Å². The summed E-state index contributed by atoms with van der Waals surface area (Å²) in [7, 11) is 0. The van der Waals surface area contributed by atoms with Crippen molar-refractivity contribution >= 4 is 17.4 Å². The first-order chi connectivity index (χ1) is 14.8. The molecule has 1 aromatic heterocycles. The summed E-state index contributed by atoms with van der Waals surface area (Å²) >= 11 is 0. The summed E-state index contributed by atoms with van der Waals surface area (Å²) in [6, 6.07) is 9.93. The fourth-order valence-corrected chi connectivity index (χ4v) is 3.61. The highest BCUT2D eigenvalue weighted by molar-refractivity contribution is 6.52. The van der Waals surface area contributed by atoms with E-state index >= 15 is 0 Å². The van der Waals surface area contributed by atoms with Crippen molar-refractivity contribution in [1.29, 1.82) is 0 Å². The van der Waals surface area contributed by atoms with Gasteiger partial charge in [0.1, 0.15) is 23.9 Å². The van der Waals surface area contributed by atoms with Crippen molar-refractivity contribution in [3.05, 3.63) is 70.8 Å². The molecule has 8 heteroatoms. The molecule has 31 heavy (non-hydrogen) atoms. The molecule has 1 amide bonds. The predicted octanol–water partition coefficient (Wildman–Crippen LogP) is 3.66. The van der Waals surface area contributed by atoms with Gasteiger partial charge in [-0.1, -0.05) is 31.2 Å². The van der Waals surface area contributed by atoms with E-state index in [-0.39, 0.29) is 18.7 Å². The first-order valence-corrected chi connectivity index (χ1v) is 10.1. The normalized spacial score (nSPS) is 13.3. The molecule has 1 aliphatic heterocycles. The highest BCUT2D eigenvalue weighted by Crippen LogP contribution is 2.30. The Bertz CT molecular complexity index is 1160. The van der Waals surface area contributed by atoms with Crippen LogP contribution >= 0.6 is 0 Å². The summed E-state index contributed by atoms with van der Waals surface area (Å²) < 4.78 is 21.0. The number of ketones is 1. The van der Waals surface area contributed by atoms with Gasteiger partial charge in [-0.25, -0.2) is 4.39 Å². The molecule has 7 nitrogen and oxygen atoms in total. The Morgan fingerprint density at radius 2 is 1.90 bits per heavy atom. The third-order valence-corrected chi connectivity index (χ3v) is 5.24. The number of hydrogen-bond donors (Lipinski definition) is 0. The number of amides is 1. The molecule has 2 heterocycles. The number of carbonyl (C=O) groups is 2. The molecule has 0 bridgehead atoms. The number of hydrogen-bond acceptors (Lipinski definition) is 5. The highest BCUT2D eigenvalue weighted by Gasteiger charge is 2.35. The summed E-state index contributed by atoms with van der Waals surface area (Å²) in [6.45, 7) is 7.08. The molecule has 0 saturated heterocycles. The molecule has 0 saturated carbocycles. The molecule has 0 spiro atoms. The van der Waals surface area contributed by atoms with Gasteiger partial charge in [0.15, 0.2) is 0 Å². The van der Waals surface area contributed by atoms with Crippen LogP contribution in [0.1, 0.15) is 46.9 Å². The smallest absolute Gasteiger partial charge is 0.299 e. The number of aryl methyl sites for hydroxylation is 1. The molecule has 0 radical (unpaired) electrons. The minimum absolute atomic E-state index is 0.0943. The lowest BCUT2D eigenvalue weighted by molar-refractivity contribution is -0.114. The molecule has 2 aromatic carbocycles. The van der Waals surface area contributed by atoms with E-state index in [1.54, 1.807) is 10.9 Å². The van der Waals surface area contributed by atoms with E-state index in [0.29, 0.717) is 23.8 Å². The number of nitrogens with zero attached hydrogens (tertiary/aromatic N) is 4. The molecule has 0 fully saturated rings. The number of anilines is 1. The van der Waals surface area contributed by atoms with Gasteiger partial charge < -0.3 is 9.64 Å². The van der Waals surface area contributed by atoms with Crippen molar-refractivity contribution in [3.8, 4) is 5.75 Å². The largest absolute Gasteiger partial charge is 0.487 e. The molecule has 3 aromatic rings. The average Bonchev–Trinajstić information content (AvgIpc) is 3.28. The van der Waals surface area contributed by atoms with Gasteiger partial charge >= 0.3 is 0 Å². The lowest BCUT2D eigenvalue weighted by atomic mass is 10.0. The second-order valence-electron chi connectivity index (χ2n) is 7.90. The zero-order valence-corrected chi connectivity index (χ0v) is 17.6. The van der Waals surface area contributed by atoms with Crippen molar-refractivity contribution in [1.82, 2.24) is 15.0 Å². The monoisotopic (exact) mass is 422 g/mol. The average molecular weight is 422 g/mol. The number of fused-ring (bicyclic) bond motifs is 1. The fourth-order valence-electron chi connectivity index (χ4n) is 3.61. The lowest BCUT2D eigenvalue weighted by Crippen LogP contribution is -2.32. The van der Waals surface area contributed by atoms with Crippen LogP contribution in [-0.2, 0) is 17.9 Å². The Labute approximate surface area is 179 Å². The van der Waals surface area contributed by atoms with Crippen LogP contribution < -0.4 is 9.64 Å². The number of halogens is 1. The highest BCUT2D eigenvalue weighted by atomic mass is 19.1. The van der Waals surface area contributed by atoms with E-state index in [4.69, 9.17) is 4.74 Å². The van der Waals surface area contributed by atoms with E-state index in [1.165, 1.54) is 17.0 Å². The predicted molar refractivity (Wildman–Crippen MR) is 113 cm³/mol. The second kappa shape index (κ2) is 8.29. The zero-order chi connectivity index (χ0) is 22.1. The molecule has 1 aliphatic rings. The molecule has 0 N–H and O–H groups in total. The maximum absolute atomic E-state index is 13.4. The maximum Gasteiger partial charge on any atom is 0.299 e. The van der Waals surface area contributed by atoms with Gasteiger partial charge in [-0.05, 0) is 48.2 Å². The van der Waals surface area contributed by atoms with Crippen LogP contribution in [0.2, 0.25) is 0 Å². The fraction of sp³-hybridized carbons (Fsp3) is 0.304. The molecular weight excluding hydrogens is 399 g/mol. The number of benzene rings is 2. The lowest BCUT2D eigenvalue weighted by Gasteiger charge is -2.16. The van der Waals surface area contributed by atoms with Crippen molar-refractivity contribution in [3.63, 3.8) is 0 Å². The van der Waals surface area contributed by atoms with Crippen LogP contribution in [0.5, 0.6) is 5.75 Å². The van der Waals surface area contributed by atoms with Crippen molar-refractivity contribution in [2.24, 2.45) is 0 Å². The van der Waals surface area contributed by atoms with Gasteiger partial charge in [-0.2, -0.15) is 0 Å². The summed E-state index contributed by atoms with van der Waals surface area (Å²) in [4.78, 5) is 25.7. The number of Topliss-reactive ketones (excluding diaryl/α,β-unsaturated/α-hetero) is 1. The summed E-state index contributed by atoms with van der Waals surface area (Å²) in [5.74, 6) is -0.735. The summed E-state index contributed by atoms with van der Waals surface area (Å²) in [5, 5.41) is 8.21. The van der Waals surface area contributed by atoms with Crippen LogP contribution in [0, 0.1) is 12.7 Å². The van der Waals surface area contributed by atoms with Gasteiger partial charge in [0.2, 0.25) is 0 Å². The zero-order valence-electron chi connectivity index (χ0n) is 17.6. The summed E-state index contributed by atoms with van der Waals surface area (Å²) in [6.07, 6.45) is 1.75. The van der Waals surface area contributed by atoms with E-state index < -0.39 is 17.5 Å². The first-order valence-electron chi connectivity index (χ1n) is 10.1. The molecule has 4 rings (SSSR count). The van der Waals surface area contributed by atoms with Crippen molar-refractivity contribution in [2.75, 3.05) is 11.4 Å². The first kappa shape index (κ1) is 20.7. The molecular formula is C23H23FN4O3. The molecule has 0 unspecified atom stereocenters. The third-order valence-electron chi connectivity index (χ3n) is 5.24. The van der Waals surface area contributed by atoms with Gasteiger partial charge in [0.25, 0.3) is 11.7 Å². The Kier molecular flexibility index (Phi) is 5.54. The maximum atomic E-state index is 13.4. The standard InChI is InChI=1S/C23H23FN4O3/c1-14(2)18-6-4-15(3)10-21(18)31-13-17-12-27(26-25-17)8-9-28-20-7-5-16(24)11-19(20)22(29)23(28)30/h4-7,10-12,14H,8-9,13H2,1-3H3. The topological polar surface area (TPSA) is 77.3 Å². The van der Waals surface area contributed by atoms with Crippen LogP contribution in [0.4, 0.5) is 10.1 Å². The Hall–Kier alpha value is -3.55. The third kappa shape index (κ3) is 4.19. The van der Waals surface area contributed by atoms with E-state index in [2.05, 4.69) is 36.3 Å². The van der Waals surface area contributed by atoms with E-state index in [1.807, 2.05) is 13.0 Å². The van der Waals surface area contributed by atoms with Crippen molar-refractivity contribution in [2.45, 2.75) is 39.8 Å². The number of aromatic nitrogens is 3. The van der Waals surface area contributed by atoms with Crippen LogP contribution in [0.3, 0.4) is 0 Å². The minimum Gasteiger partial charge on any atom is -0.487 e. The van der Waals surface area contributed by atoms with Crippen molar-refractivity contribution < 1.29 is 18.7 Å². The number of carbonyl (C=O) groups excluding carboxylic acids is 2. The number of rotatable bonds is 7. The molecule has 0 aliphatic carbocycles. The van der Waals surface area contributed by atoms with E-state index in [9.17, 15) is 14.0 Å². The Morgan fingerprint density at radius 1 is 1.10 bits per heavy atom.